The highest BCUT2D eigenvalue weighted by atomic mass is 16.3. The molecule has 238 valence electrons. The molecular weight excluding hydrogens is 572 g/mol. The molecule has 2 aliphatic heterocycles. The molecule has 0 saturated carbocycles. The zero-order valence-corrected chi connectivity index (χ0v) is 25.4. The summed E-state index contributed by atoms with van der Waals surface area (Å²) in [6.07, 6.45) is 2.98. The summed E-state index contributed by atoms with van der Waals surface area (Å²) >= 11 is 0. The third kappa shape index (κ3) is 8.34. The van der Waals surface area contributed by atoms with E-state index < -0.39 is 30.5 Å². The Bertz CT molecular complexity index is 1350. The van der Waals surface area contributed by atoms with E-state index in [1.165, 1.54) is 0 Å². The van der Waals surface area contributed by atoms with Gasteiger partial charge in [-0.2, -0.15) is 0 Å². The first-order valence-electron chi connectivity index (χ1n) is 15.3. The smallest absolute Gasteiger partial charge is 0.246 e. The number of carbonyl (C=O) groups is 4. The highest BCUT2D eigenvalue weighted by Crippen LogP contribution is 2.35. The molecule has 2 fully saturated rings. The van der Waals surface area contributed by atoms with E-state index in [1.54, 1.807) is 11.9 Å². The molecule has 2 heterocycles. The van der Waals surface area contributed by atoms with Crippen molar-refractivity contribution < 1.29 is 29.4 Å². The van der Waals surface area contributed by atoms with Crippen molar-refractivity contribution in [3.05, 3.63) is 108 Å². The number of hydrogen-bond acceptors (Lipinski definition) is 7. The van der Waals surface area contributed by atoms with Crippen molar-refractivity contribution in [1.82, 2.24) is 20.9 Å². The van der Waals surface area contributed by atoms with Gasteiger partial charge in [0.1, 0.15) is 12.1 Å². The molecule has 2 aliphatic rings. The first kappa shape index (κ1) is 33.4. The van der Waals surface area contributed by atoms with Crippen molar-refractivity contribution in [3.8, 4) is 0 Å². The number of aliphatic hydroxyl groups is 1. The maximum Gasteiger partial charge on any atom is 0.246 e. The van der Waals surface area contributed by atoms with Crippen LogP contribution in [0.1, 0.15) is 48.4 Å². The van der Waals surface area contributed by atoms with E-state index in [2.05, 4.69) is 16.0 Å². The summed E-state index contributed by atoms with van der Waals surface area (Å²) in [5.74, 6) is -1.24. The fraction of sp³-hybridized carbons (Fsp3) is 0.371. The number of hydrogen-bond donors (Lipinski definition) is 4. The lowest BCUT2D eigenvalue weighted by molar-refractivity contribution is -0.283. The predicted octanol–water partition coefficient (Wildman–Crippen LogP) is 1.34. The number of carboxylic acid groups (broad SMARTS) is 1. The first-order valence-corrected chi connectivity index (χ1v) is 15.3. The van der Waals surface area contributed by atoms with Crippen LogP contribution in [0.4, 0.5) is 0 Å². The number of rotatable bonds is 10. The van der Waals surface area contributed by atoms with Gasteiger partial charge in [0.05, 0.1) is 12.1 Å². The molecule has 5 rings (SSSR count). The minimum atomic E-state index is -0.911. The number of nitrogens with zero attached hydrogens (tertiary/aromatic N) is 1. The summed E-state index contributed by atoms with van der Waals surface area (Å²) in [5.41, 5.74) is 2.91. The first-order chi connectivity index (χ1) is 21.9. The van der Waals surface area contributed by atoms with Crippen LogP contribution >= 0.6 is 0 Å². The second kappa shape index (κ2) is 16.5. The molecule has 10 nitrogen and oxygen atoms in total. The van der Waals surface area contributed by atoms with Gasteiger partial charge in [0.15, 0.2) is 0 Å². The van der Waals surface area contributed by atoms with Gasteiger partial charge in [-0.3, -0.25) is 14.4 Å². The molecule has 4 N–H and O–H groups in total. The second-order valence-electron chi connectivity index (χ2n) is 11.4. The Hall–Kier alpha value is -4.54. The van der Waals surface area contributed by atoms with E-state index in [1.807, 2.05) is 91.0 Å². The van der Waals surface area contributed by atoms with E-state index in [4.69, 9.17) is 9.90 Å². The largest absolute Gasteiger partial charge is 0.554 e. The lowest BCUT2D eigenvalue weighted by Crippen LogP contribution is -2.59. The summed E-state index contributed by atoms with van der Waals surface area (Å²) in [6.45, 7) is -0.721. The van der Waals surface area contributed by atoms with E-state index in [0.717, 1.165) is 16.7 Å². The van der Waals surface area contributed by atoms with Crippen LogP contribution in [0.3, 0.4) is 0 Å². The Kier molecular flexibility index (Phi) is 12.2. The van der Waals surface area contributed by atoms with Gasteiger partial charge in [-0.1, -0.05) is 91.0 Å². The number of fused-ring (bicyclic) bond motifs is 1. The Morgan fingerprint density at radius 2 is 1.44 bits per heavy atom. The number of carbonyl (C=O) groups excluding carboxylic acids is 4. The zero-order chi connectivity index (χ0) is 32.2. The average Bonchev–Trinajstić information content (AvgIpc) is 3.46. The summed E-state index contributed by atoms with van der Waals surface area (Å²) in [5, 5.41) is 27.7. The van der Waals surface area contributed by atoms with Crippen LogP contribution in [-0.2, 0) is 25.6 Å². The van der Waals surface area contributed by atoms with Gasteiger partial charge in [-0.25, -0.2) is 0 Å². The second-order valence-corrected chi connectivity index (χ2v) is 11.4. The Morgan fingerprint density at radius 3 is 1.98 bits per heavy atom. The van der Waals surface area contributed by atoms with Crippen LogP contribution in [0.2, 0.25) is 0 Å². The van der Waals surface area contributed by atoms with Gasteiger partial charge in [-0.15, -0.1) is 0 Å². The molecule has 2 saturated heterocycles. The normalized spacial score (nSPS) is 21.5. The molecule has 0 aliphatic carbocycles. The summed E-state index contributed by atoms with van der Waals surface area (Å²) < 4.78 is 0. The monoisotopic (exact) mass is 613 g/mol. The van der Waals surface area contributed by atoms with Crippen molar-refractivity contribution in [2.75, 3.05) is 13.7 Å². The van der Waals surface area contributed by atoms with Crippen LogP contribution in [0.15, 0.2) is 91.0 Å². The fourth-order valence-electron chi connectivity index (χ4n) is 6.39. The molecular formula is C35H41N4O6-. The number of amides is 3. The van der Waals surface area contributed by atoms with Gasteiger partial charge < -0.3 is 35.9 Å². The SMILES string of the molecule is CN[C@H](Cc1ccccc1)C(=O)N[C@@H]1C(=O)N2[C@@H](CC[C@@H]1CO)CC[C@H]2C(=O)NC(c1ccccc1)c1ccccc1.O=C[O-]. The lowest BCUT2D eigenvalue weighted by Gasteiger charge is -2.33. The third-order valence-electron chi connectivity index (χ3n) is 8.70. The molecule has 0 aromatic heterocycles. The quantitative estimate of drug-likeness (QED) is 0.252. The fourth-order valence-corrected chi connectivity index (χ4v) is 6.39. The summed E-state index contributed by atoms with van der Waals surface area (Å²) in [7, 11) is 1.72. The Morgan fingerprint density at radius 1 is 0.911 bits per heavy atom. The Balaban J connectivity index is 0.00000148. The minimum Gasteiger partial charge on any atom is -0.554 e. The van der Waals surface area contributed by atoms with Crippen LogP contribution in [0.25, 0.3) is 0 Å². The van der Waals surface area contributed by atoms with Gasteiger partial charge in [-0.05, 0) is 55.8 Å². The van der Waals surface area contributed by atoms with E-state index in [0.29, 0.717) is 32.1 Å². The molecule has 0 spiro atoms. The van der Waals surface area contributed by atoms with Crippen LogP contribution in [0.5, 0.6) is 0 Å². The van der Waals surface area contributed by atoms with Gasteiger partial charge in [0.2, 0.25) is 17.7 Å². The van der Waals surface area contributed by atoms with Crippen molar-refractivity contribution >= 4 is 24.2 Å². The topological polar surface area (TPSA) is 151 Å². The molecule has 5 atom stereocenters. The van der Waals surface area contributed by atoms with Crippen molar-refractivity contribution in [2.45, 2.75) is 62.3 Å². The van der Waals surface area contributed by atoms with Crippen LogP contribution in [-0.4, -0.2) is 72.0 Å². The number of benzene rings is 3. The highest BCUT2D eigenvalue weighted by Gasteiger charge is 2.48. The van der Waals surface area contributed by atoms with E-state index in [-0.39, 0.29) is 36.4 Å². The van der Waals surface area contributed by atoms with Crippen molar-refractivity contribution in [1.29, 1.82) is 0 Å². The zero-order valence-electron chi connectivity index (χ0n) is 25.4. The van der Waals surface area contributed by atoms with Gasteiger partial charge >= 0.3 is 0 Å². The third-order valence-corrected chi connectivity index (χ3v) is 8.70. The summed E-state index contributed by atoms with van der Waals surface area (Å²) in [4.78, 5) is 51.4. The maximum absolute atomic E-state index is 14.1. The molecule has 0 unspecified atom stereocenters. The predicted molar refractivity (Wildman–Crippen MR) is 167 cm³/mol. The number of likely N-dealkylation sites (N-methyl/N-ethyl adjacent to an activating group) is 1. The minimum absolute atomic E-state index is 0.111. The molecule has 0 radical (unpaired) electrons. The van der Waals surface area contributed by atoms with E-state index in [9.17, 15) is 19.5 Å². The average molecular weight is 614 g/mol. The number of aliphatic hydroxyl groups excluding tert-OH is 1. The molecule has 3 amide bonds. The maximum atomic E-state index is 14.1. The molecule has 3 aromatic carbocycles. The van der Waals surface area contributed by atoms with Crippen molar-refractivity contribution in [2.24, 2.45) is 5.92 Å². The summed E-state index contributed by atoms with van der Waals surface area (Å²) in [6, 6.07) is 26.7. The van der Waals surface area contributed by atoms with Crippen molar-refractivity contribution in [3.63, 3.8) is 0 Å². The van der Waals surface area contributed by atoms with E-state index >= 15 is 0 Å². The van der Waals surface area contributed by atoms with Crippen LogP contribution in [0, 0.1) is 5.92 Å². The molecule has 3 aromatic rings. The highest BCUT2D eigenvalue weighted by molar-refractivity contribution is 5.94. The molecule has 10 heteroatoms. The Labute approximate surface area is 263 Å². The van der Waals surface area contributed by atoms with Gasteiger partial charge in [0, 0.05) is 25.0 Å². The van der Waals surface area contributed by atoms with Gasteiger partial charge in [0.25, 0.3) is 0 Å². The molecule has 45 heavy (non-hydrogen) atoms. The number of nitrogens with one attached hydrogen (secondary N) is 3. The molecule has 0 bridgehead atoms. The lowest BCUT2D eigenvalue weighted by atomic mass is 9.93. The van der Waals surface area contributed by atoms with Crippen LogP contribution < -0.4 is 21.1 Å². The standard InChI is InChI=1S/C34H40N4O4.CH2O2/c1-35-28(21-23-11-5-2-6-12-23)32(40)37-31-26(22-39)17-18-27-19-20-29(38(27)34(31)42)33(41)36-30(24-13-7-3-8-14-24)25-15-9-4-10-16-25;2-1-3/h2-16,26-31,35,39H,17-22H2,1H3,(H,36,41)(H,37,40);1H,(H,2,3)/p-1/t26-,27+,28-,29+,31+;/m1./s1.